The first-order chi connectivity index (χ1) is 14.8. The zero-order chi connectivity index (χ0) is 22.0. The maximum absolute atomic E-state index is 13.9. The van der Waals surface area contributed by atoms with Gasteiger partial charge >= 0.3 is 6.18 Å². The second-order valence-electron chi connectivity index (χ2n) is 8.00. The third-order valence-corrected chi connectivity index (χ3v) is 5.83. The molecule has 2 unspecified atom stereocenters. The average Bonchev–Trinajstić information content (AvgIpc) is 3.22. The summed E-state index contributed by atoms with van der Waals surface area (Å²) in [5.41, 5.74) is 3.03. The molecule has 2 atom stereocenters. The van der Waals surface area contributed by atoms with Crippen molar-refractivity contribution in [2.24, 2.45) is 0 Å². The van der Waals surface area contributed by atoms with E-state index in [0.717, 1.165) is 48.9 Å². The first-order valence-corrected chi connectivity index (χ1v) is 10.6. The molecule has 31 heavy (non-hydrogen) atoms. The smallest absolute Gasteiger partial charge is 0.370 e. The summed E-state index contributed by atoms with van der Waals surface area (Å²) < 4.78 is 58.3. The summed E-state index contributed by atoms with van der Waals surface area (Å²) in [6, 6.07) is 18.7. The van der Waals surface area contributed by atoms with Crippen molar-refractivity contribution in [3.8, 4) is 22.3 Å². The fraction of sp³-hybridized carbons (Fsp3) is 0.308. The SMILES string of the molecule is CCCC1CCC(c2ccc(-c3ccc(-c4ccc(C(F)(F)F)c(F)c4)cc3)cc2)O1. The molecule has 4 rings (SSSR count). The van der Waals surface area contributed by atoms with Crippen LogP contribution in [0.5, 0.6) is 0 Å². The number of rotatable bonds is 5. The third kappa shape index (κ3) is 4.82. The van der Waals surface area contributed by atoms with Gasteiger partial charge in [0.15, 0.2) is 0 Å². The van der Waals surface area contributed by atoms with Gasteiger partial charge < -0.3 is 4.74 Å². The van der Waals surface area contributed by atoms with Crippen LogP contribution in [0.4, 0.5) is 17.6 Å². The largest absolute Gasteiger partial charge is 0.419 e. The van der Waals surface area contributed by atoms with Gasteiger partial charge in [-0.2, -0.15) is 13.2 Å². The Morgan fingerprint density at radius 2 is 1.35 bits per heavy atom. The number of hydrogen-bond acceptors (Lipinski definition) is 1. The second-order valence-corrected chi connectivity index (χ2v) is 8.00. The van der Waals surface area contributed by atoms with Gasteiger partial charge in [-0.05, 0) is 59.2 Å². The van der Waals surface area contributed by atoms with E-state index in [2.05, 4.69) is 31.2 Å². The summed E-state index contributed by atoms with van der Waals surface area (Å²) in [5, 5.41) is 0. The molecule has 0 spiro atoms. The van der Waals surface area contributed by atoms with Crippen LogP contribution in [-0.2, 0) is 10.9 Å². The highest BCUT2D eigenvalue weighted by Gasteiger charge is 2.34. The molecule has 162 valence electrons. The van der Waals surface area contributed by atoms with Crippen molar-refractivity contribution >= 4 is 0 Å². The van der Waals surface area contributed by atoms with Crippen LogP contribution in [0.2, 0.25) is 0 Å². The molecule has 1 nitrogen and oxygen atoms in total. The van der Waals surface area contributed by atoms with E-state index in [1.54, 1.807) is 12.1 Å². The van der Waals surface area contributed by atoms with Crippen molar-refractivity contribution in [1.82, 2.24) is 0 Å². The predicted octanol–water partition coefficient (Wildman–Crippen LogP) is 8.20. The third-order valence-electron chi connectivity index (χ3n) is 5.83. The number of alkyl halides is 3. The molecular weight excluding hydrogens is 404 g/mol. The maximum atomic E-state index is 13.9. The first-order valence-electron chi connectivity index (χ1n) is 10.6. The number of halogens is 4. The molecule has 0 radical (unpaired) electrons. The van der Waals surface area contributed by atoms with Gasteiger partial charge in [0.05, 0.1) is 17.8 Å². The van der Waals surface area contributed by atoms with Gasteiger partial charge in [0.1, 0.15) is 5.82 Å². The summed E-state index contributed by atoms with van der Waals surface area (Å²) in [6.07, 6.45) is 0.197. The average molecular weight is 428 g/mol. The van der Waals surface area contributed by atoms with Crippen LogP contribution in [0.1, 0.15) is 49.8 Å². The van der Waals surface area contributed by atoms with E-state index in [0.29, 0.717) is 17.2 Å². The molecule has 3 aromatic rings. The minimum absolute atomic E-state index is 0.155. The zero-order valence-electron chi connectivity index (χ0n) is 17.3. The van der Waals surface area contributed by atoms with Crippen LogP contribution >= 0.6 is 0 Å². The molecule has 0 bridgehead atoms. The van der Waals surface area contributed by atoms with Crippen molar-refractivity contribution in [3.63, 3.8) is 0 Å². The number of hydrogen-bond donors (Lipinski definition) is 0. The second kappa shape index (κ2) is 8.83. The van der Waals surface area contributed by atoms with Gasteiger partial charge in [-0.3, -0.25) is 0 Å². The predicted molar refractivity (Wildman–Crippen MR) is 114 cm³/mol. The molecule has 3 aromatic carbocycles. The molecule has 1 aliphatic heterocycles. The van der Waals surface area contributed by atoms with Crippen LogP contribution in [0.25, 0.3) is 22.3 Å². The fourth-order valence-electron chi connectivity index (χ4n) is 4.16. The topological polar surface area (TPSA) is 9.23 Å². The quantitative estimate of drug-likeness (QED) is 0.372. The van der Waals surface area contributed by atoms with Crippen LogP contribution < -0.4 is 0 Å². The minimum Gasteiger partial charge on any atom is -0.370 e. The molecule has 0 N–H and O–H groups in total. The zero-order valence-corrected chi connectivity index (χ0v) is 17.3. The van der Waals surface area contributed by atoms with Gasteiger partial charge in [0.2, 0.25) is 0 Å². The molecule has 0 saturated carbocycles. The Kier molecular flexibility index (Phi) is 6.15. The molecule has 0 aromatic heterocycles. The first kappa shape index (κ1) is 21.6. The minimum atomic E-state index is -4.70. The van der Waals surface area contributed by atoms with E-state index < -0.39 is 17.6 Å². The van der Waals surface area contributed by atoms with E-state index in [4.69, 9.17) is 4.74 Å². The molecular formula is C26H24F4O. The Morgan fingerprint density at radius 1 is 0.806 bits per heavy atom. The van der Waals surface area contributed by atoms with Crippen LogP contribution in [0.3, 0.4) is 0 Å². The highest BCUT2D eigenvalue weighted by atomic mass is 19.4. The fourth-order valence-corrected chi connectivity index (χ4v) is 4.16. The lowest BCUT2D eigenvalue weighted by Gasteiger charge is -2.14. The Balaban J connectivity index is 1.48. The van der Waals surface area contributed by atoms with Crippen molar-refractivity contribution in [2.75, 3.05) is 0 Å². The summed E-state index contributed by atoms with van der Waals surface area (Å²) >= 11 is 0. The van der Waals surface area contributed by atoms with E-state index in [1.807, 2.05) is 12.1 Å². The van der Waals surface area contributed by atoms with Gasteiger partial charge in [0.25, 0.3) is 0 Å². The van der Waals surface area contributed by atoms with E-state index in [-0.39, 0.29) is 6.10 Å². The lowest BCUT2D eigenvalue weighted by molar-refractivity contribution is -0.139. The summed E-state index contributed by atoms with van der Waals surface area (Å²) in [6.45, 7) is 2.17. The molecule has 1 fully saturated rings. The molecule has 1 saturated heterocycles. The number of benzene rings is 3. The lowest BCUT2D eigenvalue weighted by Crippen LogP contribution is -2.07. The van der Waals surface area contributed by atoms with E-state index in [1.165, 1.54) is 11.6 Å². The van der Waals surface area contributed by atoms with E-state index >= 15 is 0 Å². The van der Waals surface area contributed by atoms with Crippen molar-refractivity contribution in [1.29, 1.82) is 0 Å². The highest BCUT2D eigenvalue weighted by molar-refractivity contribution is 5.70. The molecule has 1 heterocycles. The Morgan fingerprint density at radius 3 is 1.90 bits per heavy atom. The van der Waals surface area contributed by atoms with Crippen molar-refractivity contribution in [3.05, 3.63) is 83.7 Å². The van der Waals surface area contributed by atoms with Gasteiger partial charge in [-0.1, -0.05) is 67.9 Å². The summed E-state index contributed by atoms with van der Waals surface area (Å²) in [7, 11) is 0. The standard InChI is InChI=1S/C26H24F4O/c1-2-3-22-13-15-25(31-22)20-10-8-18(9-11-20)17-4-6-19(7-5-17)21-12-14-23(24(27)16-21)26(28,29)30/h4-12,14,16,22,25H,2-3,13,15H2,1H3. The summed E-state index contributed by atoms with van der Waals surface area (Å²) in [5.74, 6) is -1.26. The van der Waals surface area contributed by atoms with E-state index in [9.17, 15) is 17.6 Å². The van der Waals surface area contributed by atoms with Crippen LogP contribution in [0, 0.1) is 5.82 Å². The molecule has 0 aliphatic carbocycles. The highest BCUT2D eigenvalue weighted by Crippen LogP contribution is 2.36. The van der Waals surface area contributed by atoms with Crippen molar-refractivity contribution < 1.29 is 22.3 Å². The van der Waals surface area contributed by atoms with Crippen molar-refractivity contribution in [2.45, 2.75) is 51.0 Å². The normalized spacial score (nSPS) is 19.0. The molecule has 0 amide bonds. The Labute approximate surface area is 179 Å². The van der Waals surface area contributed by atoms with Gasteiger partial charge in [-0.25, -0.2) is 4.39 Å². The van der Waals surface area contributed by atoms with Crippen LogP contribution in [0.15, 0.2) is 66.7 Å². The number of ether oxygens (including phenoxy) is 1. The van der Waals surface area contributed by atoms with Crippen LogP contribution in [-0.4, -0.2) is 6.10 Å². The molecule has 5 heteroatoms. The maximum Gasteiger partial charge on any atom is 0.419 e. The Bertz CT molecular complexity index is 1020. The monoisotopic (exact) mass is 428 g/mol. The van der Waals surface area contributed by atoms with Gasteiger partial charge in [0, 0.05) is 0 Å². The lowest BCUT2D eigenvalue weighted by atomic mass is 9.97. The Hall–Kier alpha value is -2.66. The summed E-state index contributed by atoms with van der Waals surface area (Å²) in [4.78, 5) is 0. The molecule has 1 aliphatic rings. The van der Waals surface area contributed by atoms with Gasteiger partial charge in [-0.15, -0.1) is 0 Å².